The van der Waals surface area contributed by atoms with E-state index in [9.17, 15) is 13.2 Å². The van der Waals surface area contributed by atoms with Gasteiger partial charge in [0.15, 0.2) is 0 Å². The molecule has 0 aromatic carbocycles. The van der Waals surface area contributed by atoms with Gasteiger partial charge in [0.1, 0.15) is 0 Å². The van der Waals surface area contributed by atoms with Crippen molar-refractivity contribution < 1.29 is 17.9 Å². The summed E-state index contributed by atoms with van der Waals surface area (Å²) in [6.07, 6.45) is 0.643. The van der Waals surface area contributed by atoms with Crippen LogP contribution < -0.4 is 15.2 Å². The molecule has 0 aromatic heterocycles. The van der Waals surface area contributed by atoms with E-state index in [1.54, 1.807) is 11.6 Å². The van der Waals surface area contributed by atoms with Crippen molar-refractivity contribution in [2.24, 2.45) is 11.7 Å². The summed E-state index contributed by atoms with van der Waals surface area (Å²) in [5, 5.41) is 0. The van der Waals surface area contributed by atoms with E-state index in [-0.39, 0.29) is 18.6 Å². The topological polar surface area (TPSA) is 111 Å². The molecular formula is C8H17N3O4S. The van der Waals surface area contributed by atoms with Gasteiger partial charge in [-0.1, -0.05) is 0 Å². The molecule has 1 amide bonds. The van der Waals surface area contributed by atoms with Crippen LogP contribution in [0.3, 0.4) is 0 Å². The minimum atomic E-state index is -3.81. The quantitative estimate of drug-likeness (QED) is 0.598. The maximum Gasteiger partial charge on any atom is 0.421 e. The van der Waals surface area contributed by atoms with E-state index in [4.69, 9.17) is 5.73 Å². The van der Waals surface area contributed by atoms with Gasteiger partial charge < -0.3 is 10.5 Å². The van der Waals surface area contributed by atoms with E-state index in [1.165, 1.54) is 0 Å². The molecule has 1 fully saturated rings. The van der Waals surface area contributed by atoms with Crippen molar-refractivity contribution in [3.63, 3.8) is 0 Å². The molecule has 8 heteroatoms. The van der Waals surface area contributed by atoms with E-state index in [0.717, 1.165) is 12.8 Å². The number of ether oxygens (including phenoxy) is 1. The van der Waals surface area contributed by atoms with Gasteiger partial charge >= 0.3 is 16.3 Å². The first-order chi connectivity index (χ1) is 7.43. The maximum atomic E-state index is 11.3. The van der Waals surface area contributed by atoms with Crippen LogP contribution in [0.1, 0.15) is 19.8 Å². The van der Waals surface area contributed by atoms with Crippen molar-refractivity contribution in [1.82, 2.24) is 9.44 Å². The highest BCUT2D eigenvalue weighted by molar-refractivity contribution is 7.88. The zero-order valence-electron chi connectivity index (χ0n) is 9.10. The monoisotopic (exact) mass is 251 g/mol. The number of rotatable bonds is 5. The number of nitrogens with two attached hydrogens (primary N) is 1. The van der Waals surface area contributed by atoms with Crippen molar-refractivity contribution in [3.8, 4) is 0 Å². The molecule has 0 aliphatic heterocycles. The second-order valence-corrected chi connectivity index (χ2v) is 5.27. The summed E-state index contributed by atoms with van der Waals surface area (Å²) in [4.78, 5) is 10.9. The lowest BCUT2D eigenvalue weighted by Gasteiger charge is -2.32. The van der Waals surface area contributed by atoms with Crippen LogP contribution in [0.2, 0.25) is 0 Å². The Bertz CT molecular complexity index is 337. The van der Waals surface area contributed by atoms with E-state index in [2.05, 4.69) is 9.46 Å². The van der Waals surface area contributed by atoms with Gasteiger partial charge in [0.2, 0.25) is 0 Å². The number of hydrogen-bond donors (Lipinski definition) is 3. The number of nitrogens with one attached hydrogen (secondary N) is 2. The average Bonchev–Trinajstić information content (AvgIpc) is 2.10. The van der Waals surface area contributed by atoms with Gasteiger partial charge in [0.05, 0.1) is 6.61 Å². The fourth-order valence-electron chi connectivity index (χ4n) is 1.49. The predicted molar refractivity (Wildman–Crippen MR) is 57.8 cm³/mol. The van der Waals surface area contributed by atoms with E-state index in [1.807, 2.05) is 0 Å². The van der Waals surface area contributed by atoms with Gasteiger partial charge in [0, 0.05) is 12.6 Å². The largest absolute Gasteiger partial charge is 0.449 e. The lowest BCUT2D eigenvalue weighted by molar-refractivity contribution is 0.158. The third-order valence-corrected chi connectivity index (χ3v) is 3.31. The molecule has 0 bridgehead atoms. The molecule has 7 nitrogen and oxygen atoms in total. The fourth-order valence-corrected chi connectivity index (χ4v) is 2.29. The molecule has 1 saturated carbocycles. The first-order valence-electron chi connectivity index (χ1n) is 5.12. The summed E-state index contributed by atoms with van der Waals surface area (Å²) in [6.45, 7) is 2.01. The van der Waals surface area contributed by atoms with Crippen LogP contribution in [0.25, 0.3) is 0 Å². The zero-order valence-corrected chi connectivity index (χ0v) is 9.92. The summed E-state index contributed by atoms with van der Waals surface area (Å²) in [5.41, 5.74) is 5.56. The Labute approximate surface area is 94.9 Å². The van der Waals surface area contributed by atoms with Crippen LogP contribution in [0, 0.1) is 5.92 Å². The summed E-state index contributed by atoms with van der Waals surface area (Å²) in [5.74, 6) is 0.258. The van der Waals surface area contributed by atoms with Crippen molar-refractivity contribution in [3.05, 3.63) is 0 Å². The Hall–Kier alpha value is -0.860. The normalized spacial score (nSPS) is 24.6. The third-order valence-electron chi connectivity index (χ3n) is 2.33. The van der Waals surface area contributed by atoms with Crippen molar-refractivity contribution in [1.29, 1.82) is 0 Å². The van der Waals surface area contributed by atoms with E-state index in [0.29, 0.717) is 6.54 Å². The Kier molecular flexibility index (Phi) is 4.51. The van der Waals surface area contributed by atoms with Gasteiger partial charge in [-0.15, -0.1) is 0 Å². The summed E-state index contributed by atoms with van der Waals surface area (Å²) >= 11 is 0. The molecule has 0 aromatic rings. The summed E-state index contributed by atoms with van der Waals surface area (Å²) in [7, 11) is -3.81. The lowest BCUT2D eigenvalue weighted by Crippen LogP contribution is -2.46. The standard InChI is InChI=1S/C8H17N3O4S/c1-2-15-8(12)11-16(13,14)10-5-6-3-7(9)4-6/h6-7,10H,2-5,9H2,1H3,(H,11,12). The van der Waals surface area contributed by atoms with Crippen molar-refractivity contribution in [2.45, 2.75) is 25.8 Å². The van der Waals surface area contributed by atoms with Gasteiger partial charge in [0.25, 0.3) is 0 Å². The third kappa shape index (κ3) is 4.33. The summed E-state index contributed by atoms with van der Waals surface area (Å²) < 4.78 is 31.0. The molecule has 0 heterocycles. The zero-order chi connectivity index (χ0) is 12.2. The second kappa shape index (κ2) is 5.46. The molecule has 4 N–H and O–H groups in total. The molecule has 0 radical (unpaired) electrons. The van der Waals surface area contributed by atoms with Crippen LogP contribution in [0.4, 0.5) is 4.79 Å². The molecule has 16 heavy (non-hydrogen) atoms. The number of carbonyl (C=O) groups is 1. The van der Waals surface area contributed by atoms with Gasteiger partial charge in [-0.25, -0.2) is 9.52 Å². The predicted octanol–water partition coefficient (Wildman–Crippen LogP) is -0.696. The molecular weight excluding hydrogens is 234 g/mol. The molecule has 0 atom stereocenters. The Morgan fingerprint density at radius 1 is 1.50 bits per heavy atom. The van der Waals surface area contributed by atoms with E-state index >= 15 is 0 Å². The number of hydrogen-bond acceptors (Lipinski definition) is 5. The Morgan fingerprint density at radius 3 is 2.62 bits per heavy atom. The van der Waals surface area contributed by atoms with Gasteiger partial charge in [-0.3, -0.25) is 0 Å². The van der Waals surface area contributed by atoms with Gasteiger partial charge in [-0.2, -0.15) is 13.1 Å². The molecule has 1 rings (SSSR count). The van der Waals surface area contributed by atoms with Crippen LogP contribution in [0.15, 0.2) is 0 Å². The van der Waals surface area contributed by atoms with Crippen molar-refractivity contribution in [2.75, 3.05) is 13.2 Å². The first-order valence-corrected chi connectivity index (χ1v) is 6.61. The molecule has 1 aliphatic carbocycles. The van der Waals surface area contributed by atoms with Crippen LogP contribution in [-0.4, -0.2) is 33.7 Å². The first kappa shape index (κ1) is 13.2. The average molecular weight is 251 g/mol. The van der Waals surface area contributed by atoms with E-state index < -0.39 is 16.3 Å². The molecule has 0 unspecified atom stereocenters. The Morgan fingerprint density at radius 2 is 2.12 bits per heavy atom. The second-order valence-electron chi connectivity index (χ2n) is 3.77. The van der Waals surface area contributed by atoms with Crippen molar-refractivity contribution >= 4 is 16.3 Å². The smallest absolute Gasteiger partial charge is 0.421 e. The van der Waals surface area contributed by atoms with Crippen LogP contribution in [0.5, 0.6) is 0 Å². The molecule has 0 spiro atoms. The molecule has 0 saturated heterocycles. The number of carbonyl (C=O) groups excluding carboxylic acids is 1. The minimum Gasteiger partial charge on any atom is -0.449 e. The maximum absolute atomic E-state index is 11.3. The molecule has 1 aliphatic rings. The fraction of sp³-hybridized carbons (Fsp3) is 0.875. The molecule has 94 valence electrons. The number of amides is 1. The Balaban J connectivity index is 2.26. The highest BCUT2D eigenvalue weighted by Crippen LogP contribution is 2.24. The van der Waals surface area contributed by atoms with Gasteiger partial charge in [-0.05, 0) is 25.7 Å². The SMILES string of the molecule is CCOC(=O)NS(=O)(=O)NCC1CC(N)C1. The lowest BCUT2D eigenvalue weighted by atomic mass is 9.81. The van der Waals surface area contributed by atoms with Crippen LogP contribution >= 0.6 is 0 Å². The summed E-state index contributed by atoms with van der Waals surface area (Å²) in [6, 6.07) is 0.174. The minimum absolute atomic E-state index is 0.124. The highest BCUT2D eigenvalue weighted by Gasteiger charge is 2.27. The highest BCUT2D eigenvalue weighted by atomic mass is 32.2. The van der Waals surface area contributed by atoms with Crippen LogP contribution in [-0.2, 0) is 14.9 Å².